The summed E-state index contributed by atoms with van der Waals surface area (Å²) in [6.45, 7) is 2.56. The van der Waals surface area contributed by atoms with Gasteiger partial charge in [0.25, 0.3) is 0 Å². The van der Waals surface area contributed by atoms with Gasteiger partial charge in [0.2, 0.25) is 0 Å². The minimum absolute atomic E-state index is 0.482. The van der Waals surface area contributed by atoms with E-state index in [2.05, 4.69) is 48.4 Å². The summed E-state index contributed by atoms with van der Waals surface area (Å²) in [4.78, 5) is 0. The monoisotopic (exact) mass is 263 g/mol. The molecule has 3 nitrogen and oxygen atoms in total. The van der Waals surface area contributed by atoms with Gasteiger partial charge in [-0.25, -0.2) is 4.68 Å². The molecule has 0 amide bonds. The van der Waals surface area contributed by atoms with E-state index in [4.69, 9.17) is 5.73 Å². The van der Waals surface area contributed by atoms with Gasteiger partial charge in [-0.15, -0.1) is 0 Å². The molecule has 0 atom stereocenters. The van der Waals surface area contributed by atoms with Gasteiger partial charge in [0, 0.05) is 17.7 Å². The second kappa shape index (κ2) is 5.31. The molecule has 100 valence electrons. The van der Waals surface area contributed by atoms with E-state index >= 15 is 0 Å². The maximum Gasteiger partial charge on any atom is 0.0785 e. The van der Waals surface area contributed by atoms with Crippen LogP contribution in [0, 0.1) is 6.92 Å². The highest BCUT2D eigenvalue weighted by Crippen LogP contribution is 2.26. The molecule has 3 aromatic rings. The Balaban J connectivity index is 2.17. The van der Waals surface area contributed by atoms with Crippen molar-refractivity contribution in [3.8, 4) is 16.9 Å². The standard InChI is InChI=1S/C17H17N3/c1-13-7-9-16(10-8-13)20-17(15(11-18)12-19-20)14-5-3-2-4-6-14/h2-10,12H,11,18H2,1H3. The third-order valence-electron chi connectivity index (χ3n) is 3.39. The first kappa shape index (κ1) is 12.6. The van der Waals surface area contributed by atoms with Crippen molar-refractivity contribution >= 4 is 0 Å². The second-order valence-corrected chi connectivity index (χ2v) is 4.84. The van der Waals surface area contributed by atoms with Crippen LogP contribution in [-0.4, -0.2) is 9.78 Å². The lowest BCUT2D eigenvalue weighted by Crippen LogP contribution is -2.02. The molecule has 20 heavy (non-hydrogen) atoms. The minimum atomic E-state index is 0.482. The number of nitrogens with two attached hydrogens (primary N) is 1. The molecule has 0 saturated heterocycles. The summed E-state index contributed by atoms with van der Waals surface area (Å²) in [5.41, 5.74) is 11.4. The molecule has 1 aromatic heterocycles. The van der Waals surface area contributed by atoms with Crippen LogP contribution in [0.25, 0.3) is 16.9 Å². The minimum Gasteiger partial charge on any atom is -0.326 e. The van der Waals surface area contributed by atoms with Crippen molar-refractivity contribution in [1.29, 1.82) is 0 Å². The van der Waals surface area contributed by atoms with E-state index in [1.54, 1.807) is 0 Å². The van der Waals surface area contributed by atoms with Crippen molar-refractivity contribution < 1.29 is 0 Å². The molecule has 0 unspecified atom stereocenters. The van der Waals surface area contributed by atoms with Crippen LogP contribution in [-0.2, 0) is 6.54 Å². The lowest BCUT2D eigenvalue weighted by Gasteiger charge is -2.10. The molecule has 0 aliphatic heterocycles. The first-order chi connectivity index (χ1) is 9.79. The normalized spacial score (nSPS) is 10.7. The van der Waals surface area contributed by atoms with Crippen molar-refractivity contribution in [2.45, 2.75) is 13.5 Å². The smallest absolute Gasteiger partial charge is 0.0785 e. The number of benzene rings is 2. The molecule has 0 fully saturated rings. The quantitative estimate of drug-likeness (QED) is 0.788. The zero-order valence-electron chi connectivity index (χ0n) is 11.5. The Morgan fingerprint density at radius 2 is 1.70 bits per heavy atom. The van der Waals surface area contributed by atoms with Gasteiger partial charge in [0.15, 0.2) is 0 Å². The van der Waals surface area contributed by atoms with Crippen LogP contribution >= 0.6 is 0 Å². The highest BCUT2D eigenvalue weighted by atomic mass is 15.3. The molecule has 3 rings (SSSR count). The molecule has 0 bridgehead atoms. The summed E-state index contributed by atoms with van der Waals surface area (Å²) in [5, 5.41) is 4.50. The molecule has 0 saturated carbocycles. The molecule has 0 aliphatic carbocycles. The lowest BCUT2D eigenvalue weighted by molar-refractivity contribution is 0.887. The van der Waals surface area contributed by atoms with Crippen LogP contribution in [0.1, 0.15) is 11.1 Å². The Morgan fingerprint density at radius 3 is 2.35 bits per heavy atom. The van der Waals surface area contributed by atoms with Gasteiger partial charge >= 0.3 is 0 Å². The first-order valence-electron chi connectivity index (χ1n) is 6.69. The summed E-state index contributed by atoms with van der Waals surface area (Å²) < 4.78 is 1.96. The maximum absolute atomic E-state index is 5.85. The molecule has 1 heterocycles. The number of hydrogen-bond donors (Lipinski definition) is 1. The van der Waals surface area contributed by atoms with Crippen LogP contribution in [0.5, 0.6) is 0 Å². The molecule has 3 heteroatoms. The predicted octanol–water partition coefficient (Wildman–Crippen LogP) is 3.31. The van der Waals surface area contributed by atoms with E-state index in [-0.39, 0.29) is 0 Å². The average Bonchev–Trinajstić information content (AvgIpc) is 2.93. The zero-order chi connectivity index (χ0) is 13.9. The first-order valence-corrected chi connectivity index (χ1v) is 6.69. The summed E-state index contributed by atoms with van der Waals surface area (Å²) in [6.07, 6.45) is 1.85. The third-order valence-corrected chi connectivity index (χ3v) is 3.39. The number of aromatic nitrogens is 2. The van der Waals surface area contributed by atoms with Crippen molar-refractivity contribution in [2.75, 3.05) is 0 Å². The van der Waals surface area contributed by atoms with Gasteiger partial charge in [-0.2, -0.15) is 5.10 Å². The van der Waals surface area contributed by atoms with Crippen LogP contribution in [0.3, 0.4) is 0 Å². The SMILES string of the molecule is Cc1ccc(-n2ncc(CN)c2-c2ccccc2)cc1. The topological polar surface area (TPSA) is 43.8 Å². The van der Waals surface area contributed by atoms with Gasteiger partial charge in [-0.1, -0.05) is 48.0 Å². The fraction of sp³-hybridized carbons (Fsp3) is 0.118. The molecule has 0 aliphatic rings. The summed E-state index contributed by atoms with van der Waals surface area (Å²) in [7, 11) is 0. The van der Waals surface area contributed by atoms with Gasteiger partial charge in [-0.3, -0.25) is 0 Å². The summed E-state index contributed by atoms with van der Waals surface area (Å²) in [6, 6.07) is 18.6. The van der Waals surface area contributed by atoms with E-state index in [1.165, 1.54) is 5.56 Å². The Morgan fingerprint density at radius 1 is 1.00 bits per heavy atom. The van der Waals surface area contributed by atoms with Gasteiger partial charge < -0.3 is 5.73 Å². The van der Waals surface area contributed by atoms with E-state index in [9.17, 15) is 0 Å². The number of rotatable bonds is 3. The van der Waals surface area contributed by atoms with E-state index in [0.717, 1.165) is 22.5 Å². The Kier molecular flexibility index (Phi) is 3.35. The number of hydrogen-bond acceptors (Lipinski definition) is 2. The molecule has 2 N–H and O–H groups in total. The summed E-state index contributed by atoms with van der Waals surface area (Å²) >= 11 is 0. The number of aryl methyl sites for hydroxylation is 1. The molecular weight excluding hydrogens is 246 g/mol. The van der Waals surface area contributed by atoms with E-state index < -0.39 is 0 Å². The molecule has 0 spiro atoms. The van der Waals surface area contributed by atoms with Crippen molar-refractivity contribution in [3.05, 3.63) is 71.9 Å². The largest absolute Gasteiger partial charge is 0.326 e. The third kappa shape index (κ3) is 2.24. The fourth-order valence-electron chi connectivity index (χ4n) is 2.32. The van der Waals surface area contributed by atoms with Crippen LogP contribution < -0.4 is 5.73 Å². The van der Waals surface area contributed by atoms with Crippen molar-refractivity contribution in [3.63, 3.8) is 0 Å². The Labute approximate surface area is 118 Å². The summed E-state index contributed by atoms with van der Waals surface area (Å²) in [5.74, 6) is 0. The average molecular weight is 263 g/mol. The van der Waals surface area contributed by atoms with Crippen molar-refractivity contribution in [1.82, 2.24) is 9.78 Å². The van der Waals surface area contributed by atoms with E-state index in [1.807, 2.05) is 29.1 Å². The van der Waals surface area contributed by atoms with Crippen LogP contribution in [0.4, 0.5) is 0 Å². The van der Waals surface area contributed by atoms with Gasteiger partial charge in [0.05, 0.1) is 17.6 Å². The van der Waals surface area contributed by atoms with Gasteiger partial charge in [0.1, 0.15) is 0 Å². The van der Waals surface area contributed by atoms with Gasteiger partial charge in [-0.05, 0) is 19.1 Å². The number of nitrogens with zero attached hydrogens (tertiary/aromatic N) is 2. The molecular formula is C17H17N3. The zero-order valence-corrected chi connectivity index (χ0v) is 11.5. The maximum atomic E-state index is 5.85. The van der Waals surface area contributed by atoms with Crippen LogP contribution in [0.15, 0.2) is 60.8 Å². The Bertz CT molecular complexity index is 697. The Hall–Kier alpha value is -2.39. The van der Waals surface area contributed by atoms with E-state index in [0.29, 0.717) is 6.54 Å². The highest BCUT2D eigenvalue weighted by molar-refractivity contribution is 5.65. The highest BCUT2D eigenvalue weighted by Gasteiger charge is 2.12. The van der Waals surface area contributed by atoms with Crippen LogP contribution in [0.2, 0.25) is 0 Å². The van der Waals surface area contributed by atoms with Crippen molar-refractivity contribution in [2.24, 2.45) is 5.73 Å². The second-order valence-electron chi connectivity index (χ2n) is 4.84. The molecule has 2 aromatic carbocycles. The predicted molar refractivity (Wildman–Crippen MR) is 81.6 cm³/mol. The fourth-order valence-corrected chi connectivity index (χ4v) is 2.32. The molecule has 0 radical (unpaired) electrons. The lowest BCUT2D eigenvalue weighted by atomic mass is 10.1.